The molecule has 0 aliphatic heterocycles. The average Bonchev–Trinajstić information content (AvgIpc) is 2.80. The fourth-order valence-corrected chi connectivity index (χ4v) is 3.39. The highest BCUT2D eigenvalue weighted by Gasteiger charge is 2.08. The highest BCUT2D eigenvalue weighted by atomic mass is 79.9. The Hall–Kier alpha value is -0.850. The number of nitrogens with zero attached hydrogens (tertiary/aromatic N) is 2. The van der Waals surface area contributed by atoms with Crippen molar-refractivity contribution in [2.24, 2.45) is 7.05 Å². The predicted molar refractivity (Wildman–Crippen MR) is 86.8 cm³/mol. The van der Waals surface area contributed by atoms with Crippen LogP contribution in [0.4, 0.5) is 0 Å². The molecule has 108 valence electrons. The summed E-state index contributed by atoms with van der Waals surface area (Å²) in [6.45, 7) is 4.14. The van der Waals surface area contributed by atoms with E-state index in [2.05, 4.69) is 54.3 Å². The van der Waals surface area contributed by atoms with Crippen LogP contribution < -0.4 is 10.1 Å². The van der Waals surface area contributed by atoms with Crippen molar-refractivity contribution >= 4 is 31.9 Å². The molecule has 0 saturated carbocycles. The van der Waals surface area contributed by atoms with Gasteiger partial charge in [-0.2, -0.15) is 0 Å². The normalized spacial score (nSPS) is 10.8. The summed E-state index contributed by atoms with van der Waals surface area (Å²) in [5.74, 6) is 1.87. The summed E-state index contributed by atoms with van der Waals surface area (Å²) in [5.41, 5.74) is 1.18. The second-order valence-electron chi connectivity index (χ2n) is 4.38. The van der Waals surface area contributed by atoms with Gasteiger partial charge in [0, 0.05) is 26.0 Å². The van der Waals surface area contributed by atoms with Gasteiger partial charge in [-0.1, -0.05) is 0 Å². The van der Waals surface area contributed by atoms with E-state index in [1.54, 1.807) is 6.20 Å². The molecule has 20 heavy (non-hydrogen) atoms. The van der Waals surface area contributed by atoms with Crippen LogP contribution in [-0.2, 0) is 20.1 Å². The van der Waals surface area contributed by atoms with Crippen LogP contribution in [-0.4, -0.2) is 16.2 Å². The molecule has 1 N–H and O–H groups in total. The largest absolute Gasteiger partial charge is 0.492 e. The first kappa shape index (κ1) is 15.5. The molecule has 0 fully saturated rings. The van der Waals surface area contributed by atoms with Crippen LogP contribution in [0.3, 0.4) is 0 Å². The summed E-state index contributed by atoms with van der Waals surface area (Å²) in [4.78, 5) is 4.28. The fraction of sp³-hybridized carbons (Fsp3) is 0.357. The number of hydrogen-bond acceptors (Lipinski definition) is 3. The van der Waals surface area contributed by atoms with Crippen LogP contribution in [0.2, 0.25) is 0 Å². The van der Waals surface area contributed by atoms with Gasteiger partial charge in [0.15, 0.2) is 0 Å². The van der Waals surface area contributed by atoms with Gasteiger partial charge in [-0.25, -0.2) is 4.98 Å². The molecule has 0 saturated heterocycles. The number of ether oxygens (including phenoxy) is 1. The summed E-state index contributed by atoms with van der Waals surface area (Å²) in [7, 11) is 1.99. The molecule has 2 aromatic rings. The third-order valence-electron chi connectivity index (χ3n) is 2.88. The van der Waals surface area contributed by atoms with E-state index in [0.717, 1.165) is 33.6 Å². The van der Waals surface area contributed by atoms with Gasteiger partial charge in [0.2, 0.25) is 0 Å². The van der Waals surface area contributed by atoms with E-state index in [-0.39, 0.29) is 0 Å². The zero-order chi connectivity index (χ0) is 14.5. The van der Waals surface area contributed by atoms with Gasteiger partial charge in [-0.3, -0.25) is 0 Å². The fourth-order valence-electron chi connectivity index (χ4n) is 1.88. The van der Waals surface area contributed by atoms with Crippen molar-refractivity contribution in [2.75, 3.05) is 6.61 Å². The lowest BCUT2D eigenvalue weighted by molar-refractivity contribution is 0.336. The topological polar surface area (TPSA) is 39.1 Å². The number of halogens is 2. The molecule has 0 radical (unpaired) electrons. The van der Waals surface area contributed by atoms with Crippen molar-refractivity contribution < 1.29 is 4.74 Å². The Balaban J connectivity index is 1.98. The smallest absolute Gasteiger partial charge is 0.147 e. The summed E-state index contributed by atoms with van der Waals surface area (Å²) >= 11 is 7.08. The molecule has 1 heterocycles. The third kappa shape index (κ3) is 3.84. The van der Waals surface area contributed by atoms with E-state index in [1.165, 1.54) is 5.56 Å². The van der Waals surface area contributed by atoms with Gasteiger partial charge < -0.3 is 14.6 Å². The van der Waals surface area contributed by atoms with Crippen molar-refractivity contribution in [2.45, 2.75) is 20.0 Å². The number of rotatable bonds is 6. The SMILES string of the molecule is CCOc1c(Br)cc(CNCc2nccn2C)cc1Br. The van der Waals surface area contributed by atoms with Crippen LogP contribution >= 0.6 is 31.9 Å². The molecule has 2 rings (SSSR count). The van der Waals surface area contributed by atoms with Gasteiger partial charge in [0.25, 0.3) is 0 Å². The molecular formula is C14H17Br2N3O. The van der Waals surface area contributed by atoms with E-state index in [1.807, 2.05) is 24.7 Å². The van der Waals surface area contributed by atoms with Gasteiger partial charge in [-0.15, -0.1) is 0 Å². The number of imidazole rings is 1. The van der Waals surface area contributed by atoms with Crippen molar-refractivity contribution in [3.63, 3.8) is 0 Å². The first-order valence-corrected chi connectivity index (χ1v) is 7.98. The van der Waals surface area contributed by atoms with E-state index in [9.17, 15) is 0 Å². The van der Waals surface area contributed by atoms with Crippen molar-refractivity contribution in [1.29, 1.82) is 0 Å². The standard InChI is InChI=1S/C14H17Br2N3O/c1-3-20-14-11(15)6-10(7-12(14)16)8-17-9-13-18-4-5-19(13)2/h4-7,17H,3,8-9H2,1-2H3. The Morgan fingerprint density at radius 3 is 2.50 bits per heavy atom. The Morgan fingerprint density at radius 2 is 1.95 bits per heavy atom. The monoisotopic (exact) mass is 401 g/mol. The highest BCUT2D eigenvalue weighted by Crippen LogP contribution is 2.34. The van der Waals surface area contributed by atoms with E-state index in [0.29, 0.717) is 6.61 Å². The first-order valence-electron chi connectivity index (χ1n) is 6.39. The average molecular weight is 403 g/mol. The molecule has 6 heteroatoms. The van der Waals surface area contributed by atoms with E-state index >= 15 is 0 Å². The summed E-state index contributed by atoms with van der Waals surface area (Å²) in [6, 6.07) is 4.14. The van der Waals surface area contributed by atoms with Crippen LogP contribution in [0.5, 0.6) is 5.75 Å². The van der Waals surface area contributed by atoms with Gasteiger partial charge in [0.1, 0.15) is 11.6 Å². The number of nitrogens with one attached hydrogen (secondary N) is 1. The maximum atomic E-state index is 5.57. The number of aryl methyl sites for hydroxylation is 1. The molecule has 0 aliphatic rings. The Labute approximate surface area is 135 Å². The molecule has 0 aliphatic carbocycles. The first-order chi connectivity index (χ1) is 9.61. The predicted octanol–water partition coefficient (Wildman–Crippen LogP) is 3.63. The van der Waals surface area contributed by atoms with Crippen molar-refractivity contribution in [1.82, 2.24) is 14.9 Å². The van der Waals surface area contributed by atoms with Crippen molar-refractivity contribution in [3.8, 4) is 5.75 Å². The van der Waals surface area contributed by atoms with Crippen molar-refractivity contribution in [3.05, 3.63) is 44.9 Å². The zero-order valence-electron chi connectivity index (χ0n) is 11.5. The van der Waals surface area contributed by atoms with Gasteiger partial charge >= 0.3 is 0 Å². The van der Waals surface area contributed by atoms with Crippen LogP contribution in [0.15, 0.2) is 33.5 Å². The lowest BCUT2D eigenvalue weighted by atomic mass is 10.2. The molecule has 1 aromatic heterocycles. The van der Waals surface area contributed by atoms with Crippen LogP contribution in [0.1, 0.15) is 18.3 Å². The Bertz CT molecular complexity index is 561. The van der Waals surface area contributed by atoms with Gasteiger partial charge in [-0.05, 0) is 56.5 Å². The Morgan fingerprint density at radius 1 is 1.25 bits per heavy atom. The molecule has 0 atom stereocenters. The van der Waals surface area contributed by atoms with Gasteiger partial charge in [0.05, 0.1) is 22.1 Å². The minimum atomic E-state index is 0.647. The summed E-state index contributed by atoms with van der Waals surface area (Å²) in [5, 5.41) is 3.39. The van der Waals surface area contributed by atoms with E-state index in [4.69, 9.17) is 4.74 Å². The van der Waals surface area contributed by atoms with E-state index < -0.39 is 0 Å². The third-order valence-corrected chi connectivity index (χ3v) is 4.06. The number of benzene rings is 1. The summed E-state index contributed by atoms with van der Waals surface area (Å²) in [6.07, 6.45) is 3.75. The second kappa shape index (κ2) is 7.24. The molecule has 0 unspecified atom stereocenters. The summed E-state index contributed by atoms with van der Waals surface area (Å²) < 4.78 is 9.51. The number of aromatic nitrogens is 2. The lowest BCUT2D eigenvalue weighted by Gasteiger charge is -2.11. The lowest BCUT2D eigenvalue weighted by Crippen LogP contribution is -2.15. The second-order valence-corrected chi connectivity index (χ2v) is 6.09. The minimum Gasteiger partial charge on any atom is -0.492 e. The van der Waals surface area contributed by atoms with Crippen LogP contribution in [0, 0.1) is 0 Å². The molecular weight excluding hydrogens is 386 g/mol. The highest BCUT2D eigenvalue weighted by molar-refractivity contribution is 9.11. The molecule has 0 amide bonds. The maximum absolute atomic E-state index is 5.57. The molecule has 1 aromatic carbocycles. The zero-order valence-corrected chi connectivity index (χ0v) is 14.7. The number of hydrogen-bond donors (Lipinski definition) is 1. The Kier molecular flexibility index (Phi) is 5.63. The molecule has 0 bridgehead atoms. The molecule has 0 spiro atoms. The molecule has 4 nitrogen and oxygen atoms in total. The van der Waals surface area contributed by atoms with Crippen LogP contribution in [0.25, 0.3) is 0 Å². The minimum absolute atomic E-state index is 0.647. The maximum Gasteiger partial charge on any atom is 0.147 e. The quantitative estimate of drug-likeness (QED) is 0.801.